The van der Waals surface area contributed by atoms with Crippen molar-refractivity contribution >= 4 is 35.0 Å². The maximum Gasteiger partial charge on any atom is 0.409 e. The third kappa shape index (κ3) is 6.42. The second-order valence-corrected chi connectivity index (χ2v) is 7.65. The number of hydrogen-bond acceptors (Lipinski definition) is 9. The van der Waals surface area contributed by atoms with Gasteiger partial charge in [0.05, 0.1) is 19.5 Å². The van der Waals surface area contributed by atoms with E-state index in [1.807, 2.05) is 0 Å². The number of hydrogen-bond donors (Lipinski definition) is 3. The Bertz CT molecular complexity index is 1020. The van der Waals surface area contributed by atoms with Gasteiger partial charge in [0.2, 0.25) is 5.91 Å². The number of nitrogens with two attached hydrogens (primary N) is 1. The van der Waals surface area contributed by atoms with Crippen LogP contribution < -0.4 is 16.7 Å². The van der Waals surface area contributed by atoms with E-state index in [9.17, 15) is 19.2 Å². The van der Waals surface area contributed by atoms with Gasteiger partial charge in [-0.1, -0.05) is 0 Å². The van der Waals surface area contributed by atoms with Gasteiger partial charge in [0, 0.05) is 6.92 Å². The van der Waals surface area contributed by atoms with E-state index in [1.165, 1.54) is 22.7 Å². The van der Waals surface area contributed by atoms with E-state index in [-0.39, 0.29) is 36.7 Å². The van der Waals surface area contributed by atoms with E-state index in [0.29, 0.717) is 0 Å². The van der Waals surface area contributed by atoms with Crippen molar-refractivity contribution in [1.82, 2.24) is 29.7 Å². The lowest BCUT2D eigenvalue weighted by atomic mass is 10.2. The molecule has 0 spiro atoms. The zero-order valence-corrected chi connectivity index (χ0v) is 18.1. The molecule has 2 heterocycles. The van der Waals surface area contributed by atoms with Gasteiger partial charge in [0.25, 0.3) is 0 Å². The fourth-order valence-electron chi connectivity index (χ4n) is 2.70. The van der Waals surface area contributed by atoms with Gasteiger partial charge in [0.15, 0.2) is 5.65 Å². The van der Waals surface area contributed by atoms with Gasteiger partial charge in [-0.25, -0.2) is 14.6 Å². The number of nitrogen functional groups attached to an aromatic ring is 1. The first kappa shape index (κ1) is 23.6. The molecule has 2 aromatic heterocycles. The molecule has 0 aliphatic carbocycles. The highest BCUT2D eigenvalue weighted by Crippen LogP contribution is 2.18. The molecule has 13 heteroatoms. The lowest BCUT2D eigenvalue weighted by molar-refractivity contribution is -0.148. The number of carbonyl (C=O) groups is 3. The van der Waals surface area contributed by atoms with E-state index >= 15 is 0 Å². The molecule has 2 aromatic rings. The first-order valence-electron chi connectivity index (χ1n) is 9.54. The summed E-state index contributed by atoms with van der Waals surface area (Å²) < 4.78 is 11.6. The van der Waals surface area contributed by atoms with Gasteiger partial charge in [-0.2, -0.15) is 4.98 Å². The second kappa shape index (κ2) is 9.45. The van der Waals surface area contributed by atoms with Crippen molar-refractivity contribution in [3.8, 4) is 0 Å². The Labute approximate surface area is 177 Å². The third-order valence-electron chi connectivity index (χ3n) is 3.95. The van der Waals surface area contributed by atoms with Crippen LogP contribution in [0.1, 0.15) is 40.8 Å². The van der Waals surface area contributed by atoms with Crippen LogP contribution in [-0.4, -0.2) is 67.7 Å². The standard InChI is InChI=1S/C18H27N7O6/c1-6-30-12(27)8-24(10(2)26)7-11(21-17(29)31-18(3,4)5)25-9-20-13-14(19)22-16(28)23-15(13)25/h9,11H,6-8H2,1-5H3,(H,21,29)(H3,19,22,23,28). The molecule has 0 aliphatic heterocycles. The molecule has 1 atom stereocenters. The normalized spacial score (nSPS) is 12.3. The fraction of sp³-hybridized carbons (Fsp3) is 0.556. The number of anilines is 1. The number of H-pyrrole nitrogens is 1. The summed E-state index contributed by atoms with van der Waals surface area (Å²) in [5.41, 5.74) is 4.59. The first-order valence-corrected chi connectivity index (χ1v) is 9.54. The Morgan fingerprint density at radius 1 is 1.35 bits per heavy atom. The largest absolute Gasteiger partial charge is 0.465 e. The number of aromatic nitrogens is 4. The van der Waals surface area contributed by atoms with E-state index in [4.69, 9.17) is 15.2 Å². The van der Waals surface area contributed by atoms with Crippen LogP contribution in [0.3, 0.4) is 0 Å². The lowest BCUT2D eigenvalue weighted by Gasteiger charge is -2.29. The molecule has 0 radical (unpaired) electrons. The summed E-state index contributed by atoms with van der Waals surface area (Å²) in [5, 5.41) is 2.62. The summed E-state index contributed by atoms with van der Waals surface area (Å²) in [5.74, 6) is -1.04. The van der Waals surface area contributed by atoms with Crippen molar-refractivity contribution in [2.75, 3.05) is 25.4 Å². The summed E-state index contributed by atoms with van der Waals surface area (Å²) in [6.07, 6.45) is -0.449. The van der Waals surface area contributed by atoms with E-state index in [1.54, 1.807) is 27.7 Å². The molecule has 13 nitrogen and oxygen atoms in total. The number of fused-ring (bicyclic) bond motifs is 1. The molecule has 0 saturated heterocycles. The molecular weight excluding hydrogens is 410 g/mol. The van der Waals surface area contributed by atoms with E-state index in [2.05, 4.69) is 20.3 Å². The van der Waals surface area contributed by atoms with Gasteiger partial charge < -0.3 is 20.1 Å². The molecule has 0 aromatic carbocycles. The van der Waals surface area contributed by atoms with Crippen molar-refractivity contribution in [3.05, 3.63) is 16.8 Å². The topological polar surface area (TPSA) is 175 Å². The summed E-state index contributed by atoms with van der Waals surface area (Å²) in [4.78, 5) is 59.8. The molecule has 0 saturated carbocycles. The van der Waals surface area contributed by atoms with Crippen molar-refractivity contribution in [2.45, 2.75) is 46.4 Å². The van der Waals surface area contributed by atoms with Crippen LogP contribution in [0.2, 0.25) is 0 Å². The third-order valence-corrected chi connectivity index (χ3v) is 3.95. The number of rotatable bonds is 7. The number of amides is 2. The SMILES string of the molecule is CCOC(=O)CN(CC(NC(=O)OC(C)(C)C)n1cnc2c(N)[nH]c(=O)nc21)C(C)=O. The average Bonchev–Trinajstić information content (AvgIpc) is 3.02. The molecule has 0 aliphatic rings. The first-order chi connectivity index (χ1) is 14.4. The quantitative estimate of drug-likeness (QED) is 0.509. The van der Waals surface area contributed by atoms with Crippen molar-refractivity contribution < 1.29 is 23.9 Å². The summed E-state index contributed by atoms with van der Waals surface area (Å²) in [6.45, 7) is 7.66. The van der Waals surface area contributed by atoms with Crippen LogP contribution in [0.15, 0.2) is 11.1 Å². The fourth-order valence-corrected chi connectivity index (χ4v) is 2.70. The Hall–Kier alpha value is -3.64. The van der Waals surface area contributed by atoms with E-state index in [0.717, 1.165) is 0 Å². The Morgan fingerprint density at radius 2 is 2.03 bits per heavy atom. The highest BCUT2D eigenvalue weighted by atomic mass is 16.6. The zero-order chi connectivity index (χ0) is 23.3. The minimum atomic E-state index is -0.980. The van der Waals surface area contributed by atoms with Gasteiger partial charge in [-0.3, -0.25) is 24.5 Å². The number of nitrogens with one attached hydrogen (secondary N) is 2. The number of imidazole rings is 1. The second-order valence-electron chi connectivity index (χ2n) is 7.65. The van der Waals surface area contributed by atoms with Crippen LogP contribution in [0.25, 0.3) is 11.2 Å². The zero-order valence-electron chi connectivity index (χ0n) is 18.1. The van der Waals surface area contributed by atoms with Crippen molar-refractivity contribution in [3.63, 3.8) is 0 Å². The summed E-state index contributed by atoms with van der Waals surface area (Å²) >= 11 is 0. The molecule has 1 unspecified atom stereocenters. The number of carbonyl (C=O) groups excluding carboxylic acids is 3. The van der Waals surface area contributed by atoms with Crippen LogP contribution in [0.5, 0.6) is 0 Å². The van der Waals surface area contributed by atoms with Gasteiger partial charge >= 0.3 is 17.8 Å². The lowest BCUT2D eigenvalue weighted by Crippen LogP contribution is -2.46. The average molecular weight is 437 g/mol. The number of ether oxygens (including phenoxy) is 2. The molecule has 2 rings (SSSR count). The molecule has 0 bridgehead atoms. The molecule has 31 heavy (non-hydrogen) atoms. The number of nitrogens with zero attached hydrogens (tertiary/aromatic N) is 4. The van der Waals surface area contributed by atoms with Crippen molar-refractivity contribution in [2.24, 2.45) is 0 Å². The predicted molar refractivity (Wildman–Crippen MR) is 110 cm³/mol. The van der Waals surface area contributed by atoms with Crippen LogP contribution in [0, 0.1) is 0 Å². The Balaban J connectivity index is 2.43. The highest BCUT2D eigenvalue weighted by molar-refractivity contribution is 5.82. The minimum absolute atomic E-state index is 0.000263. The molecule has 4 N–H and O–H groups in total. The maximum absolute atomic E-state index is 12.4. The van der Waals surface area contributed by atoms with Crippen molar-refractivity contribution in [1.29, 1.82) is 0 Å². The molecular formula is C18H27N7O6. The smallest absolute Gasteiger partial charge is 0.409 e. The maximum atomic E-state index is 12.4. The number of alkyl carbamates (subject to hydrolysis) is 1. The van der Waals surface area contributed by atoms with Crippen LogP contribution in [0.4, 0.5) is 10.6 Å². The molecule has 170 valence electrons. The monoisotopic (exact) mass is 437 g/mol. The Kier molecular flexibility index (Phi) is 7.20. The molecule has 0 fully saturated rings. The van der Waals surface area contributed by atoms with E-state index < -0.39 is 35.4 Å². The summed E-state index contributed by atoms with van der Waals surface area (Å²) in [7, 11) is 0. The van der Waals surface area contributed by atoms with Gasteiger partial charge in [-0.15, -0.1) is 0 Å². The minimum Gasteiger partial charge on any atom is -0.465 e. The van der Waals surface area contributed by atoms with Crippen LogP contribution >= 0.6 is 0 Å². The number of esters is 1. The van der Waals surface area contributed by atoms with Gasteiger partial charge in [0.1, 0.15) is 29.6 Å². The number of aromatic amines is 1. The molecule has 2 amide bonds. The van der Waals surface area contributed by atoms with Gasteiger partial charge in [-0.05, 0) is 27.7 Å². The highest BCUT2D eigenvalue weighted by Gasteiger charge is 2.27. The summed E-state index contributed by atoms with van der Waals surface area (Å²) in [6, 6.07) is 0. The Morgan fingerprint density at radius 3 is 2.61 bits per heavy atom. The predicted octanol–water partition coefficient (Wildman–Crippen LogP) is 0.137. The van der Waals surface area contributed by atoms with Crippen LogP contribution in [-0.2, 0) is 19.1 Å².